The first kappa shape index (κ1) is 15.7. The monoisotopic (exact) mass is 349 g/mol. The molecule has 0 spiro atoms. The van der Waals surface area contributed by atoms with Crippen molar-refractivity contribution in [3.8, 4) is 0 Å². The van der Waals surface area contributed by atoms with Gasteiger partial charge in [0.15, 0.2) is 0 Å². The van der Waals surface area contributed by atoms with Crippen molar-refractivity contribution < 1.29 is 18.2 Å². The average molecular weight is 349 g/mol. The van der Waals surface area contributed by atoms with Crippen LogP contribution in [0.1, 0.15) is 11.8 Å². The maximum absolute atomic E-state index is 12.6. The number of nitrogens with zero attached hydrogens (tertiary/aromatic N) is 2. The average Bonchev–Trinajstić information content (AvgIpc) is 2.96. The summed E-state index contributed by atoms with van der Waals surface area (Å²) in [4.78, 5) is 11.7. The van der Waals surface area contributed by atoms with Gasteiger partial charge in [0.25, 0.3) is 10.0 Å². The molecule has 0 saturated carbocycles. The van der Waals surface area contributed by atoms with Crippen LogP contribution in [-0.4, -0.2) is 36.9 Å². The summed E-state index contributed by atoms with van der Waals surface area (Å²) >= 11 is 1.37. The number of hydrogen-bond donors (Lipinski definition) is 2. The molecule has 1 aliphatic rings. The lowest BCUT2D eigenvalue weighted by atomic mass is 9.75. The molecule has 23 heavy (non-hydrogen) atoms. The molecule has 7 nitrogen and oxygen atoms in total. The summed E-state index contributed by atoms with van der Waals surface area (Å²) in [5.41, 5.74) is 0.989. The molecule has 1 aliphatic heterocycles. The van der Waals surface area contributed by atoms with Crippen molar-refractivity contribution in [3.05, 3.63) is 40.6 Å². The molecule has 0 radical (unpaired) electrons. The highest BCUT2D eigenvalue weighted by atomic mass is 32.2. The second-order valence-corrected chi connectivity index (χ2v) is 7.58. The fourth-order valence-electron chi connectivity index (χ4n) is 2.16. The number of nitrogens with one attached hydrogen (secondary N) is 1. The van der Waals surface area contributed by atoms with Gasteiger partial charge in [0.1, 0.15) is 0 Å². The standard InChI is InChI=1S/C13H12BN3O4S2/c1-9(18)16-10-2-4-11(5-3-10)23(20,21)17-14(19)12-6-7-22-13(12)8-15-17/h2-8,19H,1H3,(H,16,18). The normalized spacial score (nSPS) is 13.8. The highest BCUT2D eigenvalue weighted by molar-refractivity contribution is 7.90. The van der Waals surface area contributed by atoms with Crippen molar-refractivity contribution in [2.45, 2.75) is 11.8 Å². The van der Waals surface area contributed by atoms with E-state index in [1.54, 1.807) is 11.4 Å². The van der Waals surface area contributed by atoms with Gasteiger partial charge in [-0.25, -0.2) is 8.42 Å². The quantitative estimate of drug-likeness (QED) is 0.785. The molecule has 0 bridgehead atoms. The molecule has 0 unspecified atom stereocenters. The summed E-state index contributed by atoms with van der Waals surface area (Å²) in [6.07, 6.45) is 1.41. The Morgan fingerprint density at radius 2 is 2.00 bits per heavy atom. The Morgan fingerprint density at radius 3 is 2.65 bits per heavy atom. The van der Waals surface area contributed by atoms with Crippen LogP contribution in [-0.2, 0) is 14.8 Å². The molecule has 0 fully saturated rings. The summed E-state index contributed by atoms with van der Waals surface area (Å²) in [7, 11) is -5.36. The maximum Gasteiger partial charge on any atom is 0.485 e. The largest absolute Gasteiger partial charge is 0.485 e. The number of carbonyl (C=O) groups is 1. The third-order valence-electron chi connectivity index (χ3n) is 3.22. The lowest BCUT2D eigenvalue weighted by Crippen LogP contribution is -2.51. The van der Waals surface area contributed by atoms with E-state index in [-0.39, 0.29) is 10.8 Å². The molecule has 2 N–H and O–H groups in total. The molecule has 1 aromatic carbocycles. The molecule has 1 aromatic heterocycles. The fourth-order valence-corrected chi connectivity index (χ4v) is 4.18. The van der Waals surface area contributed by atoms with E-state index in [1.807, 2.05) is 0 Å². The third kappa shape index (κ3) is 2.88. The molecule has 0 saturated heterocycles. The van der Waals surface area contributed by atoms with Crippen molar-refractivity contribution in [2.24, 2.45) is 5.10 Å². The van der Waals surface area contributed by atoms with Gasteiger partial charge in [-0.2, -0.15) is 9.43 Å². The number of rotatable bonds is 3. The number of hydrazone groups is 1. The SMILES string of the molecule is CC(=O)Nc1ccc(S(=O)(=O)N2N=Cc3sccc3B2O)cc1. The zero-order valence-electron chi connectivity index (χ0n) is 12.0. The molecule has 0 aliphatic carbocycles. The number of benzene rings is 1. The number of fused-ring (bicyclic) bond motifs is 1. The van der Waals surface area contributed by atoms with Crippen molar-refractivity contribution in [2.75, 3.05) is 5.32 Å². The first-order chi connectivity index (χ1) is 10.9. The molecule has 2 aromatic rings. The minimum Gasteiger partial charge on any atom is -0.427 e. The van der Waals surface area contributed by atoms with Crippen molar-refractivity contribution in [1.29, 1.82) is 0 Å². The van der Waals surface area contributed by atoms with Crippen molar-refractivity contribution in [3.63, 3.8) is 0 Å². The van der Waals surface area contributed by atoms with Gasteiger partial charge in [-0.1, -0.05) is 6.07 Å². The van der Waals surface area contributed by atoms with E-state index in [0.717, 1.165) is 4.88 Å². The maximum atomic E-state index is 12.6. The van der Waals surface area contributed by atoms with E-state index >= 15 is 0 Å². The highest BCUT2D eigenvalue weighted by Gasteiger charge is 2.38. The van der Waals surface area contributed by atoms with Crippen LogP contribution < -0.4 is 10.8 Å². The van der Waals surface area contributed by atoms with Crippen LogP contribution in [0.3, 0.4) is 0 Å². The Hall–Kier alpha value is -2.17. The lowest BCUT2D eigenvalue weighted by molar-refractivity contribution is -0.114. The second kappa shape index (κ2) is 5.80. The van der Waals surface area contributed by atoms with Crippen LogP contribution in [0.25, 0.3) is 0 Å². The summed E-state index contributed by atoms with van der Waals surface area (Å²) in [5.74, 6) is -0.248. The van der Waals surface area contributed by atoms with Crippen LogP contribution in [0.4, 0.5) is 5.69 Å². The van der Waals surface area contributed by atoms with E-state index in [4.69, 9.17) is 0 Å². The van der Waals surface area contributed by atoms with E-state index in [1.165, 1.54) is 48.7 Å². The lowest BCUT2D eigenvalue weighted by Gasteiger charge is -2.24. The molecular formula is C13H12BN3O4S2. The predicted molar refractivity (Wildman–Crippen MR) is 89.3 cm³/mol. The Kier molecular flexibility index (Phi) is 3.96. The van der Waals surface area contributed by atoms with E-state index in [2.05, 4.69) is 10.4 Å². The second-order valence-electron chi connectivity index (χ2n) is 4.84. The fraction of sp³-hybridized carbons (Fsp3) is 0.0769. The first-order valence-electron chi connectivity index (χ1n) is 6.61. The minimum atomic E-state index is -4.00. The smallest absolute Gasteiger partial charge is 0.427 e. The van der Waals surface area contributed by atoms with Gasteiger partial charge in [-0.15, -0.1) is 11.3 Å². The topological polar surface area (TPSA) is 99.1 Å². The van der Waals surface area contributed by atoms with Gasteiger partial charge >= 0.3 is 7.05 Å². The van der Waals surface area contributed by atoms with Crippen LogP contribution >= 0.6 is 11.3 Å². The number of thiophene rings is 1. The Balaban J connectivity index is 1.91. The summed E-state index contributed by atoms with van der Waals surface area (Å²) in [6, 6.07) is 7.32. The van der Waals surface area contributed by atoms with Gasteiger partial charge in [-0.3, -0.25) is 4.79 Å². The minimum absolute atomic E-state index is 0.0264. The van der Waals surface area contributed by atoms with Crippen LogP contribution in [0.5, 0.6) is 0 Å². The molecule has 3 rings (SSSR count). The van der Waals surface area contributed by atoms with Gasteiger partial charge in [0, 0.05) is 17.5 Å². The third-order valence-corrected chi connectivity index (χ3v) is 5.74. The number of sulfonamides is 1. The molecule has 10 heteroatoms. The summed E-state index contributed by atoms with van der Waals surface area (Å²) < 4.78 is 25.9. The molecule has 0 atom stereocenters. The van der Waals surface area contributed by atoms with Crippen LogP contribution in [0.15, 0.2) is 45.7 Å². The van der Waals surface area contributed by atoms with E-state index < -0.39 is 17.1 Å². The van der Waals surface area contributed by atoms with Gasteiger partial charge in [0.2, 0.25) is 5.91 Å². The van der Waals surface area contributed by atoms with E-state index in [9.17, 15) is 18.2 Å². The number of anilines is 1. The Labute approximate surface area is 137 Å². The van der Waals surface area contributed by atoms with E-state index in [0.29, 0.717) is 15.5 Å². The predicted octanol–water partition coefficient (Wildman–Crippen LogP) is 0.432. The first-order valence-corrected chi connectivity index (χ1v) is 8.93. The number of hydrogen-bond acceptors (Lipinski definition) is 6. The molecule has 1 amide bonds. The Morgan fingerprint density at radius 1 is 1.30 bits per heavy atom. The molecule has 118 valence electrons. The van der Waals surface area contributed by atoms with Crippen molar-refractivity contribution >= 4 is 51.7 Å². The molecular weight excluding hydrogens is 337 g/mol. The number of carbonyl (C=O) groups excluding carboxylic acids is 1. The highest BCUT2D eigenvalue weighted by Crippen LogP contribution is 2.22. The number of amides is 1. The van der Waals surface area contributed by atoms with Gasteiger partial charge < -0.3 is 10.3 Å². The van der Waals surface area contributed by atoms with Crippen molar-refractivity contribution in [1.82, 2.24) is 4.33 Å². The zero-order chi connectivity index (χ0) is 16.6. The Bertz CT molecular complexity index is 877. The molecule has 2 heterocycles. The summed E-state index contributed by atoms with van der Waals surface area (Å²) in [5, 5.41) is 18.4. The van der Waals surface area contributed by atoms with Gasteiger partial charge in [-0.05, 0) is 35.1 Å². The van der Waals surface area contributed by atoms with Crippen LogP contribution in [0.2, 0.25) is 0 Å². The van der Waals surface area contributed by atoms with Gasteiger partial charge in [0.05, 0.1) is 11.1 Å². The van der Waals surface area contributed by atoms with Crippen LogP contribution in [0, 0.1) is 0 Å². The summed E-state index contributed by atoms with van der Waals surface area (Å²) in [6.45, 7) is 1.36. The zero-order valence-corrected chi connectivity index (χ0v) is 13.6.